The number of hydrogen-bond donors (Lipinski definition) is 0. The molecule has 0 saturated heterocycles. The number of para-hydroxylation sites is 2. The van der Waals surface area contributed by atoms with Gasteiger partial charge >= 0.3 is 0 Å². The minimum Gasteiger partial charge on any atom is -0.455 e. The van der Waals surface area contributed by atoms with Gasteiger partial charge in [-0.05, 0) is 110 Å². The quantitative estimate of drug-likeness (QED) is 0.176. The van der Waals surface area contributed by atoms with Crippen molar-refractivity contribution in [3.63, 3.8) is 0 Å². The van der Waals surface area contributed by atoms with Gasteiger partial charge in [0.2, 0.25) is 0 Å². The molecule has 2 nitrogen and oxygen atoms in total. The largest absolute Gasteiger partial charge is 0.455 e. The molecule has 0 saturated carbocycles. The zero-order valence-corrected chi connectivity index (χ0v) is 28.4. The van der Waals surface area contributed by atoms with Crippen LogP contribution >= 0.6 is 0 Å². The number of rotatable bonds is 6. The fraction of sp³-hybridized carbons (Fsp3) is 0. The van der Waals surface area contributed by atoms with E-state index in [0.717, 1.165) is 50.1 Å². The van der Waals surface area contributed by atoms with E-state index in [4.69, 9.17) is 4.42 Å². The molecule has 1 heterocycles. The van der Waals surface area contributed by atoms with Crippen molar-refractivity contribution >= 4 is 60.5 Å². The molecule has 2 heteroatoms. The number of benzene rings is 9. The summed E-state index contributed by atoms with van der Waals surface area (Å²) in [6.45, 7) is 0. The average molecular weight is 664 g/mol. The highest BCUT2D eigenvalue weighted by atomic mass is 16.3. The summed E-state index contributed by atoms with van der Waals surface area (Å²) >= 11 is 0. The summed E-state index contributed by atoms with van der Waals surface area (Å²) in [5.74, 6) is 0. The van der Waals surface area contributed by atoms with E-state index in [1.807, 2.05) is 0 Å². The number of hydrogen-bond acceptors (Lipinski definition) is 2. The maximum atomic E-state index is 6.56. The lowest BCUT2D eigenvalue weighted by atomic mass is 9.93. The van der Waals surface area contributed by atoms with Crippen LogP contribution in [0.4, 0.5) is 17.1 Å². The summed E-state index contributed by atoms with van der Waals surface area (Å²) in [5.41, 5.74) is 12.2. The van der Waals surface area contributed by atoms with Crippen molar-refractivity contribution in [1.29, 1.82) is 0 Å². The first kappa shape index (κ1) is 30.0. The van der Waals surface area contributed by atoms with Gasteiger partial charge in [-0.25, -0.2) is 0 Å². The molecule has 0 aliphatic rings. The van der Waals surface area contributed by atoms with Gasteiger partial charge in [0.25, 0.3) is 0 Å². The van der Waals surface area contributed by atoms with Gasteiger partial charge in [-0.1, -0.05) is 140 Å². The molecule has 0 atom stereocenters. The van der Waals surface area contributed by atoms with Crippen LogP contribution in [0, 0.1) is 0 Å². The first-order valence-electron chi connectivity index (χ1n) is 17.8. The van der Waals surface area contributed by atoms with Crippen LogP contribution in [0.25, 0.3) is 76.9 Å². The van der Waals surface area contributed by atoms with Gasteiger partial charge < -0.3 is 9.32 Å². The van der Waals surface area contributed by atoms with Crippen LogP contribution in [0.1, 0.15) is 0 Å². The van der Waals surface area contributed by atoms with E-state index in [2.05, 4.69) is 205 Å². The molecule has 0 aliphatic heterocycles. The van der Waals surface area contributed by atoms with E-state index in [1.165, 1.54) is 43.8 Å². The van der Waals surface area contributed by atoms with E-state index in [-0.39, 0.29) is 0 Å². The van der Waals surface area contributed by atoms with Crippen LogP contribution in [0.15, 0.2) is 205 Å². The summed E-state index contributed by atoms with van der Waals surface area (Å²) in [4.78, 5) is 2.32. The number of furan rings is 1. The van der Waals surface area contributed by atoms with Crippen molar-refractivity contribution in [1.82, 2.24) is 0 Å². The highest BCUT2D eigenvalue weighted by Gasteiger charge is 2.16. The molecule has 0 aliphatic carbocycles. The smallest absolute Gasteiger partial charge is 0.143 e. The molecule has 0 unspecified atom stereocenters. The number of anilines is 3. The van der Waals surface area contributed by atoms with Crippen LogP contribution in [0.5, 0.6) is 0 Å². The summed E-state index contributed by atoms with van der Waals surface area (Å²) in [6.07, 6.45) is 0. The van der Waals surface area contributed by atoms with Crippen LogP contribution < -0.4 is 4.90 Å². The first-order valence-corrected chi connectivity index (χ1v) is 17.8. The van der Waals surface area contributed by atoms with Crippen molar-refractivity contribution in [2.24, 2.45) is 0 Å². The molecule has 0 amide bonds. The second-order valence-corrected chi connectivity index (χ2v) is 13.4. The zero-order chi connectivity index (χ0) is 34.4. The third kappa shape index (κ3) is 5.21. The van der Waals surface area contributed by atoms with Crippen molar-refractivity contribution in [2.75, 3.05) is 4.90 Å². The molecule has 0 fully saturated rings. The molecule has 0 bridgehead atoms. The Balaban J connectivity index is 1.03. The lowest BCUT2D eigenvalue weighted by molar-refractivity contribution is 0.670. The number of fused-ring (bicyclic) bond motifs is 5. The molecule has 10 rings (SSSR count). The molecule has 244 valence electrons. The Bertz CT molecular complexity index is 2870. The number of nitrogens with zero attached hydrogens (tertiary/aromatic N) is 1. The topological polar surface area (TPSA) is 16.4 Å². The molecule has 10 aromatic rings. The SMILES string of the molecule is c1ccc(-c2cc(-c3ccc(N(c4ccccc4)c4ccc(-c5cccc6c5oc5cc7ccccc7cc56)cc4)cc3)cc3ccccc23)cc1. The fourth-order valence-corrected chi connectivity index (χ4v) is 7.66. The lowest BCUT2D eigenvalue weighted by Gasteiger charge is -2.26. The third-order valence-corrected chi connectivity index (χ3v) is 10.2. The van der Waals surface area contributed by atoms with Crippen LogP contribution in [-0.2, 0) is 0 Å². The summed E-state index contributed by atoms with van der Waals surface area (Å²) in [7, 11) is 0. The average Bonchev–Trinajstić information content (AvgIpc) is 3.58. The van der Waals surface area contributed by atoms with Crippen molar-refractivity contribution < 1.29 is 4.42 Å². The summed E-state index contributed by atoms with van der Waals surface area (Å²) in [6, 6.07) is 71.6. The maximum absolute atomic E-state index is 6.56. The predicted molar refractivity (Wildman–Crippen MR) is 220 cm³/mol. The van der Waals surface area contributed by atoms with Gasteiger partial charge in [0.15, 0.2) is 0 Å². The Morgan fingerprint density at radius 2 is 0.865 bits per heavy atom. The Kier molecular flexibility index (Phi) is 7.18. The minimum absolute atomic E-state index is 0.913. The highest BCUT2D eigenvalue weighted by Crippen LogP contribution is 2.41. The second kappa shape index (κ2) is 12.5. The van der Waals surface area contributed by atoms with Crippen LogP contribution in [0.3, 0.4) is 0 Å². The van der Waals surface area contributed by atoms with Crippen molar-refractivity contribution in [3.05, 3.63) is 200 Å². The molecule has 9 aromatic carbocycles. The molecular weight excluding hydrogens is 631 g/mol. The monoisotopic (exact) mass is 663 g/mol. The van der Waals surface area contributed by atoms with Gasteiger partial charge in [0.1, 0.15) is 11.2 Å². The van der Waals surface area contributed by atoms with Gasteiger partial charge in [-0.2, -0.15) is 0 Å². The highest BCUT2D eigenvalue weighted by molar-refractivity contribution is 6.13. The normalized spacial score (nSPS) is 11.5. The van der Waals surface area contributed by atoms with E-state index >= 15 is 0 Å². The van der Waals surface area contributed by atoms with Gasteiger partial charge in [-0.3, -0.25) is 0 Å². The van der Waals surface area contributed by atoms with Crippen LogP contribution in [-0.4, -0.2) is 0 Å². The van der Waals surface area contributed by atoms with Crippen LogP contribution in [0.2, 0.25) is 0 Å². The van der Waals surface area contributed by atoms with Crippen molar-refractivity contribution in [3.8, 4) is 33.4 Å². The molecule has 0 radical (unpaired) electrons. The van der Waals surface area contributed by atoms with E-state index < -0.39 is 0 Å². The van der Waals surface area contributed by atoms with E-state index in [9.17, 15) is 0 Å². The van der Waals surface area contributed by atoms with Gasteiger partial charge in [-0.15, -0.1) is 0 Å². The molecule has 1 aromatic heterocycles. The standard InChI is InChI=1S/C50H33NO/c1-3-12-35(13-4-1)47-32-40(30-39-16-9-10-19-44(39)47)34-22-26-42(27-23-34)51(41-17-5-2-6-18-41)43-28-24-36(25-29-43)45-20-11-21-46-48-31-37-14-7-8-15-38(37)33-49(48)52-50(45)46/h1-33H. The Morgan fingerprint density at radius 1 is 0.308 bits per heavy atom. The fourth-order valence-electron chi connectivity index (χ4n) is 7.66. The lowest BCUT2D eigenvalue weighted by Crippen LogP contribution is -2.09. The summed E-state index contributed by atoms with van der Waals surface area (Å²) < 4.78 is 6.56. The molecular formula is C50H33NO. The first-order chi connectivity index (χ1) is 25.8. The van der Waals surface area contributed by atoms with Gasteiger partial charge in [0.05, 0.1) is 0 Å². The Labute approximate surface area is 302 Å². The maximum Gasteiger partial charge on any atom is 0.143 e. The predicted octanol–water partition coefficient (Wildman–Crippen LogP) is 14.4. The molecule has 52 heavy (non-hydrogen) atoms. The minimum atomic E-state index is 0.913. The molecule has 0 spiro atoms. The Hall–Kier alpha value is -6.90. The summed E-state index contributed by atoms with van der Waals surface area (Å²) in [5, 5.41) is 7.18. The Morgan fingerprint density at radius 3 is 1.60 bits per heavy atom. The third-order valence-electron chi connectivity index (χ3n) is 10.2. The van der Waals surface area contributed by atoms with Gasteiger partial charge in [0, 0.05) is 33.4 Å². The zero-order valence-electron chi connectivity index (χ0n) is 28.4. The second-order valence-electron chi connectivity index (χ2n) is 13.4. The van der Waals surface area contributed by atoms with Crippen molar-refractivity contribution in [2.45, 2.75) is 0 Å². The van der Waals surface area contributed by atoms with E-state index in [1.54, 1.807) is 0 Å². The molecule has 0 N–H and O–H groups in total. The van der Waals surface area contributed by atoms with E-state index in [0.29, 0.717) is 0 Å².